The van der Waals surface area contributed by atoms with Crippen LogP contribution in [0.1, 0.15) is 15.9 Å². The van der Waals surface area contributed by atoms with E-state index in [0.717, 1.165) is 0 Å². The number of halogens is 2. The highest BCUT2D eigenvalue weighted by Gasteiger charge is 2.19. The first-order valence-electron chi connectivity index (χ1n) is 6.05. The molecule has 0 atom stereocenters. The number of fused-ring (bicyclic) bond motifs is 1. The minimum absolute atomic E-state index is 0.0241. The molecule has 0 saturated carbocycles. The smallest absolute Gasteiger partial charge is 0.196 e. The number of ketones is 1. The molecule has 0 radical (unpaired) electrons. The number of ether oxygens (including phenoxy) is 2. The van der Waals surface area contributed by atoms with E-state index in [1.807, 2.05) is 0 Å². The summed E-state index contributed by atoms with van der Waals surface area (Å²) < 4.78 is 25.0. The van der Waals surface area contributed by atoms with Gasteiger partial charge in [-0.05, 0) is 46.3 Å². The van der Waals surface area contributed by atoms with Crippen molar-refractivity contribution < 1.29 is 18.7 Å². The van der Waals surface area contributed by atoms with Gasteiger partial charge in [-0.3, -0.25) is 4.79 Å². The summed E-state index contributed by atoms with van der Waals surface area (Å²) in [6, 6.07) is 9.48. The van der Waals surface area contributed by atoms with Crippen LogP contribution in [0.2, 0.25) is 0 Å². The molecule has 2 aromatic rings. The summed E-state index contributed by atoms with van der Waals surface area (Å²) in [7, 11) is 0. The van der Waals surface area contributed by atoms with E-state index in [0.29, 0.717) is 30.3 Å². The first-order chi connectivity index (χ1) is 9.66. The maximum atomic E-state index is 14.0. The highest BCUT2D eigenvalue weighted by atomic mass is 79.9. The maximum absolute atomic E-state index is 14.0. The minimum Gasteiger partial charge on any atom is -0.486 e. The summed E-state index contributed by atoms with van der Waals surface area (Å²) in [4.78, 5) is 12.3. The van der Waals surface area contributed by atoms with Gasteiger partial charge in [0.2, 0.25) is 0 Å². The van der Waals surface area contributed by atoms with Gasteiger partial charge in [0.1, 0.15) is 19.0 Å². The Hall–Kier alpha value is -1.88. The van der Waals surface area contributed by atoms with E-state index in [1.54, 1.807) is 30.3 Å². The Balaban J connectivity index is 2.00. The molecule has 1 aliphatic heterocycles. The first kappa shape index (κ1) is 13.1. The standard InChI is InChI=1S/C15H10BrFO3/c16-11-3-1-2-10(14(11)17)15(18)9-4-5-12-13(8-9)20-7-6-19-12/h1-5,8H,6-7H2. The summed E-state index contributed by atoms with van der Waals surface area (Å²) in [6.07, 6.45) is 0. The molecule has 1 aliphatic rings. The Morgan fingerprint density at radius 3 is 2.65 bits per heavy atom. The van der Waals surface area contributed by atoms with Crippen LogP contribution >= 0.6 is 15.9 Å². The van der Waals surface area contributed by atoms with Gasteiger partial charge in [0.25, 0.3) is 0 Å². The van der Waals surface area contributed by atoms with Gasteiger partial charge < -0.3 is 9.47 Å². The number of hydrogen-bond donors (Lipinski definition) is 0. The Kier molecular flexibility index (Phi) is 3.44. The summed E-state index contributed by atoms with van der Waals surface area (Å²) in [5, 5.41) is 0. The molecule has 1 heterocycles. The van der Waals surface area contributed by atoms with Crippen molar-refractivity contribution in [2.75, 3.05) is 13.2 Å². The zero-order valence-corrected chi connectivity index (χ0v) is 11.9. The molecule has 2 aromatic carbocycles. The van der Waals surface area contributed by atoms with Crippen molar-refractivity contribution in [3.63, 3.8) is 0 Å². The monoisotopic (exact) mass is 336 g/mol. The zero-order valence-electron chi connectivity index (χ0n) is 10.4. The van der Waals surface area contributed by atoms with Crippen molar-refractivity contribution in [2.24, 2.45) is 0 Å². The van der Waals surface area contributed by atoms with Gasteiger partial charge in [-0.1, -0.05) is 6.07 Å². The summed E-state index contributed by atoms with van der Waals surface area (Å²) in [5.41, 5.74) is 0.391. The van der Waals surface area contributed by atoms with Crippen LogP contribution in [-0.2, 0) is 0 Å². The molecule has 20 heavy (non-hydrogen) atoms. The second kappa shape index (κ2) is 5.25. The largest absolute Gasteiger partial charge is 0.486 e. The molecule has 0 unspecified atom stereocenters. The van der Waals surface area contributed by atoms with E-state index >= 15 is 0 Å². The fourth-order valence-electron chi connectivity index (χ4n) is 2.02. The van der Waals surface area contributed by atoms with E-state index in [4.69, 9.17) is 9.47 Å². The third-order valence-electron chi connectivity index (χ3n) is 3.00. The average Bonchev–Trinajstić information content (AvgIpc) is 2.49. The first-order valence-corrected chi connectivity index (χ1v) is 6.84. The van der Waals surface area contributed by atoms with Crippen LogP contribution in [0.15, 0.2) is 40.9 Å². The molecule has 0 N–H and O–H groups in total. The molecule has 0 spiro atoms. The lowest BCUT2D eigenvalue weighted by molar-refractivity contribution is 0.103. The van der Waals surface area contributed by atoms with Gasteiger partial charge in [0.05, 0.1) is 10.0 Å². The van der Waals surface area contributed by atoms with E-state index in [9.17, 15) is 9.18 Å². The number of rotatable bonds is 2. The molecule has 3 rings (SSSR count). The van der Waals surface area contributed by atoms with E-state index in [2.05, 4.69) is 15.9 Å². The van der Waals surface area contributed by atoms with E-state index in [-0.39, 0.29) is 15.8 Å². The van der Waals surface area contributed by atoms with E-state index in [1.165, 1.54) is 6.07 Å². The summed E-state index contributed by atoms with van der Waals surface area (Å²) in [5.74, 6) is 0.160. The van der Waals surface area contributed by atoms with Gasteiger partial charge in [-0.2, -0.15) is 0 Å². The quantitative estimate of drug-likeness (QED) is 0.786. The molecule has 0 aliphatic carbocycles. The number of hydrogen-bond acceptors (Lipinski definition) is 3. The third kappa shape index (κ3) is 2.29. The minimum atomic E-state index is -0.563. The molecular weight excluding hydrogens is 327 g/mol. The summed E-state index contributed by atoms with van der Waals surface area (Å²) >= 11 is 3.08. The molecule has 3 nitrogen and oxygen atoms in total. The molecule has 0 bridgehead atoms. The van der Waals surface area contributed by atoms with Crippen LogP contribution in [0.5, 0.6) is 11.5 Å². The predicted molar refractivity (Wildman–Crippen MR) is 75.0 cm³/mol. The average molecular weight is 337 g/mol. The molecule has 0 aromatic heterocycles. The highest BCUT2D eigenvalue weighted by molar-refractivity contribution is 9.10. The van der Waals surface area contributed by atoms with Crippen LogP contribution in [0.4, 0.5) is 4.39 Å². The van der Waals surface area contributed by atoms with Gasteiger partial charge >= 0.3 is 0 Å². The Labute approximate surface area is 123 Å². The van der Waals surface area contributed by atoms with Crippen molar-refractivity contribution in [1.29, 1.82) is 0 Å². The lowest BCUT2D eigenvalue weighted by Crippen LogP contribution is -2.16. The molecule has 5 heteroatoms. The van der Waals surface area contributed by atoms with E-state index < -0.39 is 5.82 Å². The number of carbonyl (C=O) groups is 1. The molecule has 102 valence electrons. The van der Waals surface area contributed by atoms with Gasteiger partial charge in [-0.15, -0.1) is 0 Å². The van der Waals surface area contributed by atoms with Crippen LogP contribution < -0.4 is 9.47 Å². The molecule has 0 amide bonds. The third-order valence-corrected chi connectivity index (χ3v) is 3.61. The van der Waals surface area contributed by atoms with Gasteiger partial charge in [0, 0.05) is 5.56 Å². The fraction of sp³-hybridized carbons (Fsp3) is 0.133. The van der Waals surface area contributed by atoms with Crippen molar-refractivity contribution in [3.8, 4) is 11.5 Å². The lowest BCUT2D eigenvalue weighted by Gasteiger charge is -2.18. The van der Waals surface area contributed by atoms with Crippen LogP contribution in [-0.4, -0.2) is 19.0 Å². The zero-order chi connectivity index (χ0) is 14.1. The second-order valence-electron chi connectivity index (χ2n) is 4.29. The van der Waals surface area contributed by atoms with Crippen LogP contribution in [0.3, 0.4) is 0 Å². The van der Waals surface area contributed by atoms with Crippen LogP contribution in [0, 0.1) is 5.82 Å². The SMILES string of the molecule is O=C(c1ccc2c(c1)OCCO2)c1cccc(Br)c1F. The predicted octanol–water partition coefficient (Wildman–Crippen LogP) is 3.59. The Morgan fingerprint density at radius 2 is 1.85 bits per heavy atom. The van der Waals surface area contributed by atoms with Crippen LogP contribution in [0.25, 0.3) is 0 Å². The molecule has 0 saturated heterocycles. The normalized spacial score (nSPS) is 13.1. The highest BCUT2D eigenvalue weighted by Crippen LogP contribution is 2.32. The summed E-state index contributed by atoms with van der Waals surface area (Å²) in [6.45, 7) is 0.927. The second-order valence-corrected chi connectivity index (χ2v) is 5.14. The number of carbonyl (C=O) groups excluding carboxylic acids is 1. The van der Waals surface area contributed by atoms with Gasteiger partial charge in [-0.25, -0.2) is 4.39 Å². The lowest BCUT2D eigenvalue weighted by atomic mass is 10.0. The van der Waals surface area contributed by atoms with Crippen molar-refractivity contribution in [1.82, 2.24) is 0 Å². The topological polar surface area (TPSA) is 35.5 Å². The Morgan fingerprint density at radius 1 is 1.10 bits per heavy atom. The van der Waals surface area contributed by atoms with Crippen molar-refractivity contribution >= 4 is 21.7 Å². The van der Waals surface area contributed by atoms with Crippen molar-refractivity contribution in [2.45, 2.75) is 0 Å². The number of benzene rings is 2. The molecule has 0 fully saturated rings. The Bertz CT molecular complexity index is 685. The van der Waals surface area contributed by atoms with Gasteiger partial charge in [0.15, 0.2) is 17.3 Å². The van der Waals surface area contributed by atoms with Crippen molar-refractivity contribution in [3.05, 3.63) is 57.8 Å². The molecular formula is C15H10BrFO3. The fourth-order valence-corrected chi connectivity index (χ4v) is 2.39. The maximum Gasteiger partial charge on any atom is 0.196 e.